The highest BCUT2D eigenvalue weighted by atomic mass is 32.2. The van der Waals surface area contributed by atoms with Crippen molar-refractivity contribution in [1.82, 2.24) is 9.88 Å². The molecule has 144 valence electrons. The smallest absolute Gasteiger partial charge is 0.240 e. The number of morpholine rings is 1. The van der Waals surface area contributed by atoms with Gasteiger partial charge in [0.25, 0.3) is 0 Å². The number of para-hydroxylation sites is 1. The first-order valence-corrected chi connectivity index (χ1v) is 10.5. The summed E-state index contributed by atoms with van der Waals surface area (Å²) in [6, 6.07) is 18.3. The molecule has 0 unspecified atom stereocenters. The molecule has 4 nitrogen and oxygen atoms in total. The van der Waals surface area contributed by atoms with Gasteiger partial charge in [0.15, 0.2) is 0 Å². The lowest BCUT2D eigenvalue weighted by atomic mass is 10.1. The highest BCUT2D eigenvalue weighted by Crippen LogP contribution is 2.37. The summed E-state index contributed by atoms with van der Waals surface area (Å²) in [6.45, 7) is 6.68. The lowest BCUT2D eigenvalue weighted by Gasteiger charge is -2.30. The minimum Gasteiger partial charge on any atom is -0.378 e. The third-order valence-corrected chi connectivity index (χ3v) is 6.27. The number of thioether (sulfide) groups is 1. The number of aryl methyl sites for hydroxylation is 2. The van der Waals surface area contributed by atoms with Gasteiger partial charge >= 0.3 is 0 Å². The number of pyridine rings is 1. The second-order valence-electron chi connectivity index (χ2n) is 7.09. The summed E-state index contributed by atoms with van der Waals surface area (Å²) in [5.41, 5.74) is 4.35. The molecule has 3 aromatic rings. The van der Waals surface area contributed by atoms with Gasteiger partial charge in [0.2, 0.25) is 5.91 Å². The van der Waals surface area contributed by atoms with Crippen molar-refractivity contribution in [2.45, 2.75) is 24.1 Å². The molecule has 1 fully saturated rings. The molecular formula is C23H24N2O2S. The number of fused-ring (bicyclic) bond motifs is 1. The first kappa shape index (κ1) is 19.0. The number of hydrogen-bond donors (Lipinski definition) is 0. The van der Waals surface area contributed by atoms with Crippen LogP contribution >= 0.6 is 11.8 Å². The predicted molar refractivity (Wildman–Crippen MR) is 114 cm³/mol. The van der Waals surface area contributed by atoms with Gasteiger partial charge in [-0.05, 0) is 36.6 Å². The standard InChI is InChI=1S/C23H24N2O2S/c1-16-7-6-10-19-17(2)15-20(24-21(16)19)28-22(18-8-4-3-5-9-18)23(26)25-11-13-27-14-12-25/h3-10,15,22H,11-14H2,1-2H3/t22-/m1/s1. The molecule has 0 radical (unpaired) electrons. The Kier molecular flexibility index (Phi) is 5.64. The predicted octanol–water partition coefficient (Wildman–Crippen LogP) is 4.54. The molecule has 2 heterocycles. The lowest BCUT2D eigenvalue weighted by molar-refractivity contribution is -0.134. The highest BCUT2D eigenvalue weighted by Gasteiger charge is 2.28. The third-order valence-electron chi connectivity index (χ3n) is 5.11. The van der Waals surface area contributed by atoms with Gasteiger partial charge in [0.05, 0.1) is 23.8 Å². The van der Waals surface area contributed by atoms with E-state index in [9.17, 15) is 4.79 Å². The highest BCUT2D eigenvalue weighted by molar-refractivity contribution is 8.00. The van der Waals surface area contributed by atoms with Crippen molar-refractivity contribution < 1.29 is 9.53 Å². The Balaban J connectivity index is 1.70. The summed E-state index contributed by atoms with van der Waals surface area (Å²) >= 11 is 1.54. The second kappa shape index (κ2) is 8.33. The van der Waals surface area contributed by atoms with Crippen molar-refractivity contribution in [3.8, 4) is 0 Å². The normalized spacial score (nSPS) is 15.6. The molecule has 1 saturated heterocycles. The largest absolute Gasteiger partial charge is 0.378 e. The fourth-order valence-electron chi connectivity index (χ4n) is 3.55. The minimum atomic E-state index is -0.312. The molecule has 0 bridgehead atoms. The van der Waals surface area contributed by atoms with Gasteiger partial charge in [0.1, 0.15) is 5.25 Å². The van der Waals surface area contributed by atoms with Crippen LogP contribution in [0.4, 0.5) is 0 Å². The van der Waals surface area contributed by atoms with E-state index >= 15 is 0 Å². The van der Waals surface area contributed by atoms with Gasteiger partial charge < -0.3 is 9.64 Å². The van der Waals surface area contributed by atoms with E-state index in [1.165, 1.54) is 22.7 Å². The lowest BCUT2D eigenvalue weighted by Crippen LogP contribution is -2.42. The zero-order valence-corrected chi connectivity index (χ0v) is 17.0. The van der Waals surface area contributed by atoms with E-state index in [0.717, 1.165) is 21.7 Å². The van der Waals surface area contributed by atoms with Crippen LogP contribution in [-0.4, -0.2) is 42.1 Å². The summed E-state index contributed by atoms with van der Waals surface area (Å²) in [6.07, 6.45) is 0. The Morgan fingerprint density at radius 1 is 1.04 bits per heavy atom. The van der Waals surface area contributed by atoms with Gasteiger partial charge in [-0.15, -0.1) is 0 Å². The van der Waals surface area contributed by atoms with E-state index in [-0.39, 0.29) is 11.2 Å². The first-order valence-electron chi connectivity index (χ1n) is 9.58. The zero-order valence-electron chi connectivity index (χ0n) is 16.2. The summed E-state index contributed by atoms with van der Waals surface area (Å²) in [4.78, 5) is 20.1. The average molecular weight is 393 g/mol. The van der Waals surface area contributed by atoms with E-state index in [4.69, 9.17) is 9.72 Å². The van der Waals surface area contributed by atoms with Gasteiger partial charge in [-0.3, -0.25) is 4.79 Å². The molecule has 0 N–H and O–H groups in total. The van der Waals surface area contributed by atoms with Crippen LogP contribution in [-0.2, 0) is 9.53 Å². The number of amides is 1. The number of ether oxygens (including phenoxy) is 1. The van der Waals surface area contributed by atoms with Crippen molar-refractivity contribution in [2.75, 3.05) is 26.3 Å². The Bertz CT molecular complexity index is 985. The number of benzene rings is 2. The Morgan fingerprint density at radius 3 is 2.54 bits per heavy atom. The Hall–Kier alpha value is -2.37. The van der Waals surface area contributed by atoms with Gasteiger partial charge in [-0.1, -0.05) is 60.3 Å². The number of aromatic nitrogens is 1. The Morgan fingerprint density at radius 2 is 1.79 bits per heavy atom. The molecule has 0 aliphatic carbocycles. The maximum atomic E-state index is 13.3. The van der Waals surface area contributed by atoms with E-state index < -0.39 is 0 Å². The quantitative estimate of drug-likeness (QED) is 0.611. The second-order valence-corrected chi connectivity index (χ2v) is 8.22. The number of hydrogen-bond acceptors (Lipinski definition) is 4. The minimum absolute atomic E-state index is 0.129. The number of rotatable bonds is 4. The van der Waals surface area contributed by atoms with Crippen LogP contribution in [0.25, 0.3) is 10.9 Å². The van der Waals surface area contributed by atoms with E-state index in [1.54, 1.807) is 0 Å². The number of carbonyl (C=O) groups excluding carboxylic acids is 1. The van der Waals surface area contributed by atoms with Crippen molar-refractivity contribution in [3.05, 3.63) is 71.3 Å². The fraction of sp³-hybridized carbons (Fsp3) is 0.304. The van der Waals surface area contributed by atoms with Crippen LogP contribution in [0.3, 0.4) is 0 Å². The molecule has 5 heteroatoms. The summed E-state index contributed by atoms with van der Waals surface area (Å²) in [5, 5.41) is 1.74. The fourth-order valence-corrected chi connectivity index (χ4v) is 4.72. The third kappa shape index (κ3) is 3.91. The first-order chi connectivity index (χ1) is 13.6. The van der Waals surface area contributed by atoms with Crippen molar-refractivity contribution in [3.63, 3.8) is 0 Å². The molecule has 1 amide bonds. The topological polar surface area (TPSA) is 42.4 Å². The van der Waals surface area contributed by atoms with Crippen LogP contribution in [0.15, 0.2) is 59.6 Å². The monoisotopic (exact) mass is 392 g/mol. The van der Waals surface area contributed by atoms with Crippen LogP contribution in [0, 0.1) is 13.8 Å². The van der Waals surface area contributed by atoms with Gasteiger partial charge in [-0.25, -0.2) is 4.98 Å². The van der Waals surface area contributed by atoms with E-state index in [2.05, 4.69) is 38.1 Å². The van der Waals surface area contributed by atoms with Crippen molar-refractivity contribution in [1.29, 1.82) is 0 Å². The maximum Gasteiger partial charge on any atom is 0.240 e. The molecule has 0 saturated carbocycles. The molecule has 1 atom stereocenters. The van der Waals surface area contributed by atoms with E-state index in [0.29, 0.717) is 26.3 Å². The van der Waals surface area contributed by atoms with Crippen molar-refractivity contribution in [2.24, 2.45) is 0 Å². The van der Waals surface area contributed by atoms with Gasteiger partial charge in [0, 0.05) is 18.5 Å². The molecule has 1 aliphatic rings. The van der Waals surface area contributed by atoms with E-state index in [1.807, 2.05) is 35.2 Å². The molecule has 1 aliphatic heterocycles. The summed E-state index contributed by atoms with van der Waals surface area (Å²) < 4.78 is 5.42. The SMILES string of the molecule is Cc1cc(S[C@@H](C(=O)N2CCOCC2)c2ccccc2)nc2c(C)cccc12. The molecule has 2 aromatic carbocycles. The molecule has 28 heavy (non-hydrogen) atoms. The summed E-state index contributed by atoms with van der Waals surface area (Å²) in [7, 11) is 0. The van der Waals surface area contributed by atoms with Gasteiger partial charge in [-0.2, -0.15) is 0 Å². The maximum absolute atomic E-state index is 13.3. The molecule has 0 spiro atoms. The average Bonchev–Trinajstić information content (AvgIpc) is 2.74. The van der Waals surface area contributed by atoms with Crippen LogP contribution in [0.1, 0.15) is 21.9 Å². The van der Waals surface area contributed by atoms with Crippen LogP contribution in [0.2, 0.25) is 0 Å². The molecular weight excluding hydrogens is 368 g/mol. The summed E-state index contributed by atoms with van der Waals surface area (Å²) in [5.74, 6) is 0.129. The zero-order chi connectivity index (χ0) is 19.5. The van der Waals surface area contributed by atoms with Crippen LogP contribution in [0.5, 0.6) is 0 Å². The van der Waals surface area contributed by atoms with Crippen molar-refractivity contribution >= 4 is 28.6 Å². The van der Waals surface area contributed by atoms with Crippen LogP contribution < -0.4 is 0 Å². The molecule has 1 aromatic heterocycles. The Labute approximate surface area is 169 Å². The number of nitrogens with zero attached hydrogens (tertiary/aromatic N) is 2. The number of carbonyl (C=O) groups is 1. The molecule has 4 rings (SSSR count).